The summed E-state index contributed by atoms with van der Waals surface area (Å²) < 4.78 is 39.6. The maximum atomic E-state index is 13.2. The summed E-state index contributed by atoms with van der Waals surface area (Å²) in [5.74, 6) is -2.31. The fraction of sp³-hybridized carbons (Fsp3) is 0.462. The SMILES string of the molecule is CC1CC(C(=O)O)CN(S(=O)(=O)c2ccc(F)c(Br)c2)C1. The largest absolute Gasteiger partial charge is 0.481 e. The van der Waals surface area contributed by atoms with Crippen LogP contribution in [0.4, 0.5) is 4.39 Å². The van der Waals surface area contributed by atoms with Gasteiger partial charge in [-0.1, -0.05) is 6.92 Å². The van der Waals surface area contributed by atoms with Crippen molar-refractivity contribution >= 4 is 31.9 Å². The average Bonchev–Trinajstić information content (AvgIpc) is 2.41. The molecule has 1 N–H and O–H groups in total. The highest BCUT2D eigenvalue weighted by atomic mass is 79.9. The first kappa shape index (κ1) is 16.4. The van der Waals surface area contributed by atoms with Crippen molar-refractivity contribution in [2.45, 2.75) is 18.2 Å². The van der Waals surface area contributed by atoms with Gasteiger partial charge in [0.15, 0.2) is 0 Å². The quantitative estimate of drug-likeness (QED) is 0.874. The minimum Gasteiger partial charge on any atom is -0.481 e. The van der Waals surface area contributed by atoms with E-state index in [4.69, 9.17) is 5.11 Å². The van der Waals surface area contributed by atoms with Gasteiger partial charge in [0.05, 0.1) is 15.3 Å². The Morgan fingerprint density at radius 3 is 2.67 bits per heavy atom. The second kappa shape index (κ2) is 6.02. The molecule has 0 amide bonds. The zero-order valence-electron chi connectivity index (χ0n) is 11.3. The van der Waals surface area contributed by atoms with Crippen LogP contribution < -0.4 is 0 Å². The van der Waals surface area contributed by atoms with E-state index in [0.717, 1.165) is 6.07 Å². The van der Waals surface area contributed by atoms with Gasteiger partial charge in [-0.25, -0.2) is 12.8 Å². The van der Waals surface area contributed by atoms with E-state index < -0.39 is 27.7 Å². The molecule has 0 bridgehead atoms. The Morgan fingerprint density at radius 1 is 1.43 bits per heavy atom. The van der Waals surface area contributed by atoms with Crippen molar-refractivity contribution in [1.82, 2.24) is 4.31 Å². The van der Waals surface area contributed by atoms with Crippen LogP contribution >= 0.6 is 15.9 Å². The van der Waals surface area contributed by atoms with E-state index >= 15 is 0 Å². The Bertz CT molecular complexity index is 664. The van der Waals surface area contributed by atoms with Crippen LogP contribution in [0.2, 0.25) is 0 Å². The zero-order chi connectivity index (χ0) is 15.8. The molecule has 1 heterocycles. The van der Waals surface area contributed by atoms with Crippen molar-refractivity contribution in [2.75, 3.05) is 13.1 Å². The first-order valence-corrected chi connectivity index (χ1v) is 8.63. The van der Waals surface area contributed by atoms with Gasteiger partial charge < -0.3 is 5.11 Å². The first-order chi connectivity index (χ1) is 9.71. The van der Waals surface area contributed by atoms with Crippen LogP contribution in [0.25, 0.3) is 0 Å². The molecule has 2 unspecified atom stereocenters. The first-order valence-electron chi connectivity index (χ1n) is 6.40. The van der Waals surface area contributed by atoms with Gasteiger partial charge in [0.25, 0.3) is 0 Å². The number of carboxylic acids is 1. The third-order valence-corrected chi connectivity index (χ3v) is 5.94. The van der Waals surface area contributed by atoms with Gasteiger partial charge in [0.1, 0.15) is 5.82 Å². The summed E-state index contributed by atoms with van der Waals surface area (Å²) in [7, 11) is -3.83. The summed E-state index contributed by atoms with van der Waals surface area (Å²) in [5, 5.41) is 9.11. The Morgan fingerprint density at radius 2 is 2.10 bits per heavy atom. The maximum absolute atomic E-state index is 13.2. The number of nitrogens with zero attached hydrogens (tertiary/aromatic N) is 1. The molecule has 0 aromatic heterocycles. The van der Waals surface area contributed by atoms with Crippen molar-refractivity contribution < 1.29 is 22.7 Å². The fourth-order valence-electron chi connectivity index (χ4n) is 2.46. The van der Waals surface area contributed by atoms with Gasteiger partial charge >= 0.3 is 5.97 Å². The lowest BCUT2D eigenvalue weighted by Crippen LogP contribution is -2.45. The number of hydrogen-bond acceptors (Lipinski definition) is 3. The van der Waals surface area contributed by atoms with Gasteiger partial charge in [-0.15, -0.1) is 0 Å². The number of hydrogen-bond donors (Lipinski definition) is 1. The number of carboxylic acid groups (broad SMARTS) is 1. The number of carbonyl (C=O) groups is 1. The molecule has 1 fully saturated rings. The second-order valence-electron chi connectivity index (χ2n) is 5.27. The molecule has 1 saturated heterocycles. The van der Waals surface area contributed by atoms with Crippen molar-refractivity contribution in [2.24, 2.45) is 11.8 Å². The third-order valence-electron chi connectivity index (χ3n) is 3.50. The molecule has 1 aromatic carbocycles. The molecule has 1 aliphatic rings. The predicted octanol–water partition coefficient (Wildman–Crippen LogP) is 2.32. The molecule has 0 radical (unpaired) electrons. The van der Waals surface area contributed by atoms with Crippen LogP contribution in [0.1, 0.15) is 13.3 Å². The van der Waals surface area contributed by atoms with Crippen LogP contribution in [0.15, 0.2) is 27.6 Å². The van der Waals surface area contributed by atoms with E-state index in [-0.39, 0.29) is 28.4 Å². The minimum absolute atomic E-state index is 0.0430. The van der Waals surface area contributed by atoms with Gasteiger partial charge in [-0.2, -0.15) is 4.31 Å². The number of rotatable bonds is 3. The highest BCUT2D eigenvalue weighted by Crippen LogP contribution is 2.28. The van der Waals surface area contributed by atoms with E-state index in [1.165, 1.54) is 16.4 Å². The number of piperidine rings is 1. The number of benzene rings is 1. The predicted molar refractivity (Wildman–Crippen MR) is 77.8 cm³/mol. The minimum atomic E-state index is -3.83. The molecule has 2 atom stereocenters. The van der Waals surface area contributed by atoms with Crippen LogP contribution in [-0.2, 0) is 14.8 Å². The van der Waals surface area contributed by atoms with Crippen molar-refractivity contribution in [3.63, 3.8) is 0 Å². The molecule has 21 heavy (non-hydrogen) atoms. The summed E-state index contributed by atoms with van der Waals surface area (Å²) in [6.07, 6.45) is 0.453. The van der Waals surface area contributed by atoms with Crippen molar-refractivity contribution in [1.29, 1.82) is 0 Å². The summed E-state index contributed by atoms with van der Waals surface area (Å²) in [4.78, 5) is 11.1. The molecule has 8 heteroatoms. The molecule has 1 aliphatic heterocycles. The number of aliphatic carboxylic acids is 1. The van der Waals surface area contributed by atoms with E-state index in [2.05, 4.69) is 15.9 Å². The molecule has 5 nitrogen and oxygen atoms in total. The Balaban J connectivity index is 2.33. The van der Waals surface area contributed by atoms with Crippen LogP contribution in [0.5, 0.6) is 0 Å². The van der Waals surface area contributed by atoms with Crippen molar-refractivity contribution in [3.05, 3.63) is 28.5 Å². The lowest BCUT2D eigenvalue weighted by atomic mass is 9.92. The molecule has 2 rings (SSSR count). The maximum Gasteiger partial charge on any atom is 0.307 e. The molecule has 116 valence electrons. The highest BCUT2D eigenvalue weighted by Gasteiger charge is 2.36. The van der Waals surface area contributed by atoms with Gasteiger partial charge in [-0.05, 0) is 46.5 Å². The second-order valence-corrected chi connectivity index (χ2v) is 8.07. The zero-order valence-corrected chi connectivity index (χ0v) is 13.7. The van der Waals surface area contributed by atoms with Gasteiger partial charge in [0, 0.05) is 13.1 Å². The van der Waals surface area contributed by atoms with Crippen molar-refractivity contribution in [3.8, 4) is 0 Å². The Labute approximate surface area is 130 Å². The average molecular weight is 380 g/mol. The molecule has 0 spiro atoms. The Kier molecular flexibility index (Phi) is 4.69. The molecule has 0 saturated carbocycles. The summed E-state index contributed by atoms with van der Waals surface area (Å²) in [6, 6.07) is 3.45. The normalized spacial score (nSPS) is 24.0. The van der Waals surface area contributed by atoms with E-state index in [9.17, 15) is 17.6 Å². The van der Waals surface area contributed by atoms with E-state index in [1.54, 1.807) is 0 Å². The van der Waals surface area contributed by atoms with Gasteiger partial charge in [0.2, 0.25) is 10.0 Å². The fourth-order valence-corrected chi connectivity index (χ4v) is 4.63. The third kappa shape index (κ3) is 3.44. The molecular weight excluding hydrogens is 365 g/mol. The summed E-state index contributed by atoms with van der Waals surface area (Å²) in [5.41, 5.74) is 0. The van der Waals surface area contributed by atoms with Crippen LogP contribution in [-0.4, -0.2) is 36.9 Å². The molecule has 0 aliphatic carbocycles. The monoisotopic (exact) mass is 379 g/mol. The Hall–Kier alpha value is -0.990. The highest BCUT2D eigenvalue weighted by molar-refractivity contribution is 9.10. The lowest BCUT2D eigenvalue weighted by molar-refractivity contribution is -0.143. The van der Waals surface area contributed by atoms with E-state index in [0.29, 0.717) is 6.42 Å². The number of sulfonamides is 1. The van der Waals surface area contributed by atoms with Crippen LogP contribution in [0, 0.1) is 17.7 Å². The lowest BCUT2D eigenvalue weighted by Gasteiger charge is -2.33. The molecular formula is C13H15BrFNO4S. The summed E-state index contributed by atoms with van der Waals surface area (Å²) in [6.45, 7) is 2.02. The smallest absolute Gasteiger partial charge is 0.307 e. The topological polar surface area (TPSA) is 74.7 Å². The number of halogens is 2. The van der Waals surface area contributed by atoms with E-state index in [1.807, 2.05) is 6.92 Å². The van der Waals surface area contributed by atoms with Gasteiger partial charge in [-0.3, -0.25) is 4.79 Å². The van der Waals surface area contributed by atoms with Crippen LogP contribution in [0.3, 0.4) is 0 Å². The standard InChI is InChI=1S/C13H15BrFNO4S/c1-8-4-9(13(17)18)7-16(6-8)21(19,20)10-2-3-12(15)11(14)5-10/h2-3,5,8-9H,4,6-7H2,1H3,(H,17,18). The summed E-state index contributed by atoms with van der Waals surface area (Å²) >= 11 is 2.96. The molecule has 1 aromatic rings.